The van der Waals surface area contributed by atoms with Crippen molar-refractivity contribution in [2.24, 2.45) is 5.92 Å². The fraction of sp³-hybridized carbons (Fsp3) is 0.882. The molecule has 1 aliphatic rings. The summed E-state index contributed by atoms with van der Waals surface area (Å²) in [6, 6.07) is 0. The van der Waals surface area contributed by atoms with Gasteiger partial charge >= 0.3 is 0 Å². The SMILES string of the molecule is CC.CC/C=C(\C)N1CCC(C)CC1.CCCC. The van der Waals surface area contributed by atoms with E-state index < -0.39 is 0 Å². The molecule has 0 radical (unpaired) electrons. The highest BCUT2D eigenvalue weighted by atomic mass is 15.1. The van der Waals surface area contributed by atoms with Crippen LogP contribution in [0.1, 0.15) is 80.6 Å². The molecule has 0 saturated carbocycles. The zero-order chi connectivity index (χ0) is 14.4. The minimum absolute atomic E-state index is 0.940. The summed E-state index contributed by atoms with van der Waals surface area (Å²) in [7, 11) is 0. The molecular weight excluding hydrogens is 218 g/mol. The predicted molar refractivity (Wildman–Crippen MR) is 85.9 cm³/mol. The number of unbranched alkanes of at least 4 members (excludes halogenated alkanes) is 1. The third kappa shape index (κ3) is 10.7. The first-order chi connectivity index (χ1) is 8.65. The van der Waals surface area contributed by atoms with Gasteiger partial charge in [-0.05, 0) is 32.1 Å². The molecule has 0 aromatic carbocycles. The Labute approximate surface area is 117 Å². The second-order valence-corrected chi connectivity index (χ2v) is 4.92. The molecular formula is C17H37N. The van der Waals surface area contributed by atoms with Crippen LogP contribution in [0.4, 0.5) is 0 Å². The smallest absolute Gasteiger partial charge is 0.0177 e. The molecule has 18 heavy (non-hydrogen) atoms. The molecule has 1 heterocycles. The monoisotopic (exact) mass is 255 g/mol. The van der Waals surface area contributed by atoms with Crippen LogP contribution < -0.4 is 0 Å². The Balaban J connectivity index is 0. The lowest BCUT2D eigenvalue weighted by Crippen LogP contribution is -2.31. The Morgan fingerprint density at radius 3 is 1.83 bits per heavy atom. The highest BCUT2D eigenvalue weighted by Crippen LogP contribution is 2.19. The van der Waals surface area contributed by atoms with Crippen molar-refractivity contribution < 1.29 is 0 Å². The number of hydrogen-bond acceptors (Lipinski definition) is 1. The molecule has 0 spiro atoms. The van der Waals surface area contributed by atoms with Gasteiger partial charge in [-0.15, -0.1) is 0 Å². The molecule has 1 aliphatic heterocycles. The molecule has 0 N–H and O–H groups in total. The van der Waals surface area contributed by atoms with E-state index in [4.69, 9.17) is 0 Å². The Bertz CT molecular complexity index is 174. The van der Waals surface area contributed by atoms with Crippen molar-refractivity contribution in [3.63, 3.8) is 0 Å². The van der Waals surface area contributed by atoms with E-state index >= 15 is 0 Å². The highest BCUT2D eigenvalue weighted by molar-refractivity contribution is 4.98. The Morgan fingerprint density at radius 1 is 1.06 bits per heavy atom. The van der Waals surface area contributed by atoms with Crippen molar-refractivity contribution in [2.45, 2.75) is 80.6 Å². The zero-order valence-electron chi connectivity index (χ0n) is 14.1. The average molecular weight is 255 g/mol. The third-order valence-corrected chi connectivity index (χ3v) is 3.28. The lowest BCUT2D eigenvalue weighted by atomic mass is 9.99. The van der Waals surface area contributed by atoms with Gasteiger partial charge in [0, 0.05) is 18.8 Å². The van der Waals surface area contributed by atoms with Gasteiger partial charge in [-0.3, -0.25) is 0 Å². The van der Waals surface area contributed by atoms with Crippen molar-refractivity contribution in [1.29, 1.82) is 0 Å². The number of nitrogens with zero attached hydrogens (tertiary/aromatic N) is 1. The average Bonchev–Trinajstić information content (AvgIpc) is 2.42. The minimum Gasteiger partial charge on any atom is -0.375 e. The molecule has 0 aromatic rings. The topological polar surface area (TPSA) is 3.24 Å². The van der Waals surface area contributed by atoms with Gasteiger partial charge in [0.15, 0.2) is 0 Å². The summed E-state index contributed by atoms with van der Waals surface area (Å²) in [5.41, 5.74) is 1.48. The summed E-state index contributed by atoms with van der Waals surface area (Å²) < 4.78 is 0. The molecule has 1 nitrogen and oxygen atoms in total. The van der Waals surface area contributed by atoms with Crippen molar-refractivity contribution in [1.82, 2.24) is 4.90 Å². The van der Waals surface area contributed by atoms with Crippen LogP contribution in [0.2, 0.25) is 0 Å². The van der Waals surface area contributed by atoms with E-state index in [0.29, 0.717) is 0 Å². The van der Waals surface area contributed by atoms with Gasteiger partial charge in [0.25, 0.3) is 0 Å². The quantitative estimate of drug-likeness (QED) is 0.610. The Kier molecular flexibility index (Phi) is 16.1. The van der Waals surface area contributed by atoms with Crippen LogP contribution in [0.5, 0.6) is 0 Å². The van der Waals surface area contributed by atoms with Gasteiger partial charge in [0.05, 0.1) is 0 Å². The minimum atomic E-state index is 0.940. The first-order valence-electron chi connectivity index (χ1n) is 8.07. The van der Waals surface area contributed by atoms with Gasteiger partial charge in [0.1, 0.15) is 0 Å². The van der Waals surface area contributed by atoms with Crippen molar-refractivity contribution in [3.8, 4) is 0 Å². The maximum atomic E-state index is 2.52. The van der Waals surface area contributed by atoms with E-state index in [1.165, 1.54) is 44.5 Å². The fourth-order valence-electron chi connectivity index (χ4n) is 1.79. The highest BCUT2D eigenvalue weighted by Gasteiger charge is 2.14. The van der Waals surface area contributed by atoms with Crippen LogP contribution in [0.3, 0.4) is 0 Å². The molecule has 0 bridgehead atoms. The molecule has 0 amide bonds. The number of hydrogen-bond donors (Lipinski definition) is 0. The summed E-state index contributed by atoms with van der Waals surface area (Å²) in [5, 5.41) is 0. The second kappa shape index (κ2) is 14.6. The normalized spacial score (nSPS) is 16.4. The van der Waals surface area contributed by atoms with Gasteiger partial charge in [0.2, 0.25) is 0 Å². The summed E-state index contributed by atoms with van der Waals surface area (Å²) in [5.74, 6) is 0.940. The van der Waals surface area contributed by atoms with E-state index in [9.17, 15) is 0 Å². The number of piperidine rings is 1. The molecule has 0 aliphatic carbocycles. The molecule has 1 fully saturated rings. The Hall–Kier alpha value is -0.460. The predicted octanol–water partition coefficient (Wildman–Crippen LogP) is 5.86. The van der Waals surface area contributed by atoms with E-state index in [-0.39, 0.29) is 0 Å². The van der Waals surface area contributed by atoms with Gasteiger partial charge in [-0.1, -0.05) is 60.5 Å². The van der Waals surface area contributed by atoms with Crippen LogP contribution in [0, 0.1) is 5.92 Å². The lowest BCUT2D eigenvalue weighted by Gasteiger charge is -2.32. The van der Waals surface area contributed by atoms with Crippen molar-refractivity contribution in [3.05, 3.63) is 11.8 Å². The van der Waals surface area contributed by atoms with E-state index in [1.807, 2.05) is 13.8 Å². The number of rotatable bonds is 3. The van der Waals surface area contributed by atoms with Crippen LogP contribution in [-0.4, -0.2) is 18.0 Å². The number of likely N-dealkylation sites (tertiary alicyclic amines) is 1. The first-order valence-corrected chi connectivity index (χ1v) is 8.07. The molecule has 0 unspecified atom stereocenters. The second-order valence-electron chi connectivity index (χ2n) is 4.92. The zero-order valence-corrected chi connectivity index (χ0v) is 14.1. The van der Waals surface area contributed by atoms with Crippen LogP contribution in [-0.2, 0) is 0 Å². The molecule has 1 heteroatoms. The van der Waals surface area contributed by atoms with Crippen molar-refractivity contribution >= 4 is 0 Å². The molecule has 1 rings (SSSR count). The van der Waals surface area contributed by atoms with Gasteiger partial charge in [-0.25, -0.2) is 0 Å². The molecule has 1 saturated heterocycles. The maximum absolute atomic E-state index is 2.52. The van der Waals surface area contributed by atoms with Gasteiger partial charge in [-0.2, -0.15) is 0 Å². The molecule has 0 aromatic heterocycles. The van der Waals surface area contributed by atoms with Crippen LogP contribution in [0.25, 0.3) is 0 Å². The molecule has 0 atom stereocenters. The van der Waals surface area contributed by atoms with Crippen LogP contribution >= 0.6 is 0 Å². The first kappa shape index (κ1) is 19.9. The van der Waals surface area contributed by atoms with E-state index in [0.717, 1.165) is 12.3 Å². The van der Waals surface area contributed by atoms with Crippen molar-refractivity contribution in [2.75, 3.05) is 13.1 Å². The maximum Gasteiger partial charge on any atom is 0.0177 e. The van der Waals surface area contributed by atoms with Crippen LogP contribution in [0.15, 0.2) is 11.8 Å². The lowest BCUT2D eigenvalue weighted by molar-refractivity contribution is 0.237. The summed E-state index contributed by atoms with van der Waals surface area (Å²) in [4.78, 5) is 2.52. The number of allylic oxidation sites excluding steroid dienone is 2. The molecule has 110 valence electrons. The largest absolute Gasteiger partial charge is 0.375 e. The van der Waals surface area contributed by atoms with Gasteiger partial charge < -0.3 is 4.90 Å². The fourth-order valence-corrected chi connectivity index (χ4v) is 1.79. The summed E-state index contributed by atoms with van der Waals surface area (Å²) >= 11 is 0. The van der Waals surface area contributed by atoms with E-state index in [2.05, 4.69) is 45.6 Å². The van der Waals surface area contributed by atoms with E-state index in [1.54, 1.807) is 0 Å². The summed E-state index contributed by atoms with van der Waals surface area (Å²) in [6.07, 6.45) is 8.87. The summed E-state index contributed by atoms with van der Waals surface area (Å²) in [6.45, 7) is 17.7. The Morgan fingerprint density at radius 2 is 1.50 bits per heavy atom. The standard InChI is InChI=1S/C11H21N.C4H10.C2H6/c1-4-5-11(3)12-8-6-10(2)7-9-12;1-3-4-2;1-2/h5,10H,4,6-9H2,1-3H3;3-4H2,1-2H3;1-2H3/b11-5+;;. The third-order valence-electron chi connectivity index (χ3n) is 3.28.